The minimum atomic E-state index is -4.44. The molecule has 0 spiro atoms. The smallest absolute Gasteiger partial charge is 0.335 e. The Hall–Kier alpha value is -2.54. The number of benzene rings is 2. The minimum Gasteiger partial charge on any atom is -0.335 e. The molecule has 0 saturated carbocycles. The summed E-state index contributed by atoms with van der Waals surface area (Å²) in [6, 6.07) is 10.8. The number of alkyl halides is 3. The highest BCUT2D eigenvalue weighted by Crippen LogP contribution is 2.29. The summed E-state index contributed by atoms with van der Waals surface area (Å²) >= 11 is 5.91. The summed E-state index contributed by atoms with van der Waals surface area (Å²) in [5, 5.41) is 0.469. The molecular formula is C19H16ClF3N2O2. The lowest BCUT2D eigenvalue weighted by Crippen LogP contribution is -2.50. The zero-order valence-electron chi connectivity index (χ0n) is 14.2. The minimum absolute atomic E-state index is 0.167. The van der Waals surface area contributed by atoms with Gasteiger partial charge in [0.05, 0.1) is 5.56 Å². The molecular weight excluding hydrogens is 381 g/mol. The summed E-state index contributed by atoms with van der Waals surface area (Å²) in [5.41, 5.74) is -0.126. The van der Waals surface area contributed by atoms with Crippen LogP contribution in [0.15, 0.2) is 48.5 Å². The van der Waals surface area contributed by atoms with Gasteiger partial charge in [0, 0.05) is 42.3 Å². The zero-order chi connectivity index (χ0) is 19.6. The molecule has 27 heavy (non-hydrogen) atoms. The van der Waals surface area contributed by atoms with Crippen LogP contribution in [0.25, 0.3) is 0 Å². The molecule has 1 aliphatic heterocycles. The lowest BCUT2D eigenvalue weighted by atomic mass is 10.1. The molecule has 2 aromatic carbocycles. The number of hydrogen-bond donors (Lipinski definition) is 0. The van der Waals surface area contributed by atoms with E-state index in [2.05, 4.69) is 0 Å². The van der Waals surface area contributed by atoms with Crippen LogP contribution >= 0.6 is 11.6 Å². The van der Waals surface area contributed by atoms with E-state index >= 15 is 0 Å². The number of halogens is 4. The maximum Gasteiger partial charge on any atom is 0.416 e. The van der Waals surface area contributed by atoms with Gasteiger partial charge in [0.15, 0.2) is 0 Å². The van der Waals surface area contributed by atoms with Gasteiger partial charge in [0.2, 0.25) is 0 Å². The highest BCUT2D eigenvalue weighted by Gasteiger charge is 2.31. The molecule has 0 radical (unpaired) electrons. The Labute approximate surface area is 159 Å². The van der Waals surface area contributed by atoms with Gasteiger partial charge in [-0.1, -0.05) is 17.7 Å². The van der Waals surface area contributed by atoms with Crippen molar-refractivity contribution in [2.24, 2.45) is 0 Å². The van der Waals surface area contributed by atoms with Crippen molar-refractivity contribution >= 4 is 23.4 Å². The Balaban J connectivity index is 1.61. The van der Waals surface area contributed by atoms with E-state index in [0.717, 1.165) is 12.1 Å². The van der Waals surface area contributed by atoms with Crippen molar-refractivity contribution in [1.82, 2.24) is 9.80 Å². The zero-order valence-corrected chi connectivity index (χ0v) is 14.9. The predicted molar refractivity (Wildman–Crippen MR) is 94.7 cm³/mol. The van der Waals surface area contributed by atoms with Crippen LogP contribution in [0.2, 0.25) is 5.02 Å². The van der Waals surface area contributed by atoms with Crippen LogP contribution in [-0.2, 0) is 6.18 Å². The SMILES string of the molecule is O=C(c1ccc(C(F)(F)F)cc1)N1CCN(C(=O)c2cccc(Cl)c2)CC1. The summed E-state index contributed by atoms with van der Waals surface area (Å²) in [6.07, 6.45) is -4.44. The number of piperazine rings is 1. The van der Waals surface area contributed by atoms with Crippen LogP contribution < -0.4 is 0 Å². The molecule has 0 aromatic heterocycles. The van der Waals surface area contributed by atoms with Gasteiger partial charge in [-0.3, -0.25) is 9.59 Å². The summed E-state index contributed by atoms with van der Waals surface area (Å²) in [6.45, 7) is 1.31. The Kier molecular flexibility index (Phi) is 5.41. The number of hydrogen-bond acceptors (Lipinski definition) is 2. The van der Waals surface area contributed by atoms with Crippen LogP contribution in [-0.4, -0.2) is 47.8 Å². The third-order valence-corrected chi connectivity index (χ3v) is 4.62. The molecule has 0 bridgehead atoms. The first kappa shape index (κ1) is 19.2. The number of nitrogens with zero attached hydrogens (tertiary/aromatic N) is 2. The molecule has 1 fully saturated rings. The van der Waals surface area contributed by atoms with Gasteiger partial charge in [-0.05, 0) is 42.5 Å². The van der Waals surface area contributed by atoms with E-state index in [9.17, 15) is 22.8 Å². The first-order valence-electron chi connectivity index (χ1n) is 8.27. The molecule has 0 atom stereocenters. The van der Waals surface area contributed by atoms with Gasteiger partial charge >= 0.3 is 6.18 Å². The van der Waals surface area contributed by atoms with Gasteiger partial charge in [-0.2, -0.15) is 13.2 Å². The fourth-order valence-electron chi connectivity index (χ4n) is 2.90. The van der Waals surface area contributed by atoms with Gasteiger partial charge in [0.1, 0.15) is 0 Å². The van der Waals surface area contributed by atoms with Crippen molar-refractivity contribution in [3.63, 3.8) is 0 Å². The summed E-state index contributed by atoms with van der Waals surface area (Å²) < 4.78 is 37.9. The van der Waals surface area contributed by atoms with Gasteiger partial charge in [0.25, 0.3) is 11.8 Å². The van der Waals surface area contributed by atoms with E-state index < -0.39 is 11.7 Å². The van der Waals surface area contributed by atoms with Crippen LogP contribution in [0.3, 0.4) is 0 Å². The van der Waals surface area contributed by atoms with Crippen molar-refractivity contribution in [3.05, 3.63) is 70.2 Å². The van der Waals surface area contributed by atoms with E-state index in [1.165, 1.54) is 17.0 Å². The molecule has 2 aromatic rings. The van der Waals surface area contributed by atoms with E-state index in [0.29, 0.717) is 36.8 Å². The van der Waals surface area contributed by atoms with Crippen LogP contribution in [0, 0.1) is 0 Å². The first-order chi connectivity index (χ1) is 12.8. The number of carbonyl (C=O) groups is 2. The maximum atomic E-state index is 12.6. The molecule has 0 N–H and O–H groups in total. The summed E-state index contributed by atoms with van der Waals surface area (Å²) in [7, 11) is 0. The largest absolute Gasteiger partial charge is 0.416 e. The molecule has 0 aliphatic carbocycles. The van der Waals surface area contributed by atoms with Crippen LogP contribution in [0.5, 0.6) is 0 Å². The van der Waals surface area contributed by atoms with Gasteiger partial charge in [-0.25, -0.2) is 0 Å². The maximum absolute atomic E-state index is 12.6. The fourth-order valence-corrected chi connectivity index (χ4v) is 3.09. The van der Waals surface area contributed by atoms with Crippen LogP contribution in [0.4, 0.5) is 13.2 Å². The second kappa shape index (κ2) is 7.60. The highest BCUT2D eigenvalue weighted by molar-refractivity contribution is 6.30. The molecule has 1 heterocycles. The van der Waals surface area contributed by atoms with Crippen molar-refractivity contribution in [1.29, 1.82) is 0 Å². The normalized spacial score (nSPS) is 15.0. The average molecular weight is 397 g/mol. The van der Waals surface area contributed by atoms with Crippen molar-refractivity contribution in [3.8, 4) is 0 Å². The summed E-state index contributed by atoms with van der Waals surface area (Å²) in [5.74, 6) is -0.516. The lowest BCUT2D eigenvalue weighted by molar-refractivity contribution is -0.137. The molecule has 1 saturated heterocycles. The molecule has 2 amide bonds. The van der Waals surface area contributed by atoms with E-state index in [1.54, 1.807) is 29.2 Å². The summed E-state index contributed by atoms with van der Waals surface area (Å²) in [4.78, 5) is 28.1. The molecule has 4 nitrogen and oxygen atoms in total. The molecule has 142 valence electrons. The Bertz CT molecular complexity index is 845. The third-order valence-electron chi connectivity index (χ3n) is 4.38. The Morgan fingerprint density at radius 1 is 0.815 bits per heavy atom. The molecule has 0 unspecified atom stereocenters. The monoisotopic (exact) mass is 396 g/mol. The topological polar surface area (TPSA) is 40.6 Å². The predicted octanol–water partition coefficient (Wildman–Crippen LogP) is 3.96. The standard InChI is InChI=1S/C19H16ClF3N2O2/c20-16-3-1-2-14(12-16)18(27)25-10-8-24(9-11-25)17(26)13-4-6-15(7-5-13)19(21,22)23/h1-7,12H,8-11H2. The first-order valence-corrected chi connectivity index (χ1v) is 8.65. The van der Waals surface area contributed by atoms with Gasteiger partial charge < -0.3 is 9.80 Å². The molecule has 8 heteroatoms. The molecule has 1 aliphatic rings. The fraction of sp³-hybridized carbons (Fsp3) is 0.263. The second-order valence-electron chi connectivity index (χ2n) is 6.17. The Morgan fingerprint density at radius 3 is 1.81 bits per heavy atom. The van der Waals surface area contributed by atoms with E-state index in [4.69, 9.17) is 11.6 Å². The Morgan fingerprint density at radius 2 is 1.33 bits per heavy atom. The second-order valence-corrected chi connectivity index (χ2v) is 6.61. The number of amides is 2. The van der Waals surface area contributed by atoms with Crippen molar-refractivity contribution in [2.45, 2.75) is 6.18 Å². The highest BCUT2D eigenvalue weighted by atomic mass is 35.5. The van der Waals surface area contributed by atoms with E-state index in [1.807, 2.05) is 0 Å². The number of rotatable bonds is 2. The van der Waals surface area contributed by atoms with Crippen LogP contribution in [0.1, 0.15) is 26.3 Å². The quantitative estimate of drug-likeness (QED) is 0.771. The average Bonchev–Trinajstić information content (AvgIpc) is 2.66. The molecule has 3 rings (SSSR count). The van der Waals surface area contributed by atoms with E-state index in [-0.39, 0.29) is 17.4 Å². The van der Waals surface area contributed by atoms with Gasteiger partial charge in [-0.15, -0.1) is 0 Å². The lowest BCUT2D eigenvalue weighted by Gasteiger charge is -2.35. The van der Waals surface area contributed by atoms with Crippen molar-refractivity contribution < 1.29 is 22.8 Å². The third kappa shape index (κ3) is 4.42. The van der Waals surface area contributed by atoms with Crippen molar-refractivity contribution in [2.75, 3.05) is 26.2 Å². The number of carbonyl (C=O) groups excluding carboxylic acids is 2.